The van der Waals surface area contributed by atoms with Crippen molar-refractivity contribution in [3.63, 3.8) is 0 Å². The molecular formula is C29H36N4O4. The first kappa shape index (κ1) is 25.1. The van der Waals surface area contributed by atoms with Crippen molar-refractivity contribution in [2.75, 3.05) is 30.4 Å². The van der Waals surface area contributed by atoms with E-state index in [2.05, 4.69) is 10.6 Å². The second-order valence-corrected chi connectivity index (χ2v) is 10.4. The van der Waals surface area contributed by atoms with Crippen LogP contribution in [0.5, 0.6) is 11.5 Å². The van der Waals surface area contributed by atoms with Gasteiger partial charge in [0.1, 0.15) is 6.04 Å². The molecule has 2 aromatic rings. The van der Waals surface area contributed by atoms with Crippen molar-refractivity contribution in [1.82, 2.24) is 5.01 Å². The molecule has 1 atom stereocenters. The number of ether oxygens (including phenoxy) is 2. The lowest BCUT2D eigenvalue weighted by molar-refractivity contribution is -0.122. The molecule has 2 N–H and O–H groups in total. The van der Waals surface area contributed by atoms with Crippen molar-refractivity contribution in [3.8, 4) is 11.5 Å². The van der Waals surface area contributed by atoms with E-state index in [0.717, 1.165) is 56.1 Å². The highest BCUT2D eigenvalue weighted by Gasteiger charge is 2.28. The summed E-state index contributed by atoms with van der Waals surface area (Å²) in [6.07, 6.45) is 9.49. The van der Waals surface area contributed by atoms with Gasteiger partial charge in [0.25, 0.3) is 0 Å². The average molecular weight is 505 g/mol. The minimum atomic E-state index is -0.341. The summed E-state index contributed by atoms with van der Waals surface area (Å²) in [6.45, 7) is 3.66. The number of anilines is 2. The van der Waals surface area contributed by atoms with Gasteiger partial charge >= 0.3 is 0 Å². The summed E-state index contributed by atoms with van der Waals surface area (Å²) in [5.74, 6) is 2.69. The molecule has 2 saturated carbocycles. The van der Waals surface area contributed by atoms with Crippen molar-refractivity contribution < 1.29 is 19.1 Å². The zero-order valence-electron chi connectivity index (χ0n) is 21.4. The van der Waals surface area contributed by atoms with Crippen molar-refractivity contribution >= 4 is 29.4 Å². The SMILES string of the molecule is CC(=O)Nc1ccc(NC(=O)C2CCCCN2/N=C/c2ccc(OCC3CC3)c(OCC3CC3)c2)cc1. The fourth-order valence-electron chi connectivity index (χ4n) is 4.35. The van der Waals surface area contributed by atoms with Crippen molar-refractivity contribution in [2.24, 2.45) is 16.9 Å². The highest BCUT2D eigenvalue weighted by Crippen LogP contribution is 2.35. The smallest absolute Gasteiger partial charge is 0.248 e. The molecule has 5 rings (SSSR count). The first-order valence-corrected chi connectivity index (χ1v) is 13.4. The van der Waals surface area contributed by atoms with Crippen LogP contribution in [0, 0.1) is 11.8 Å². The topological polar surface area (TPSA) is 92.3 Å². The van der Waals surface area contributed by atoms with Crippen LogP contribution in [0.2, 0.25) is 0 Å². The fraction of sp³-hybridized carbons (Fsp3) is 0.483. The van der Waals surface area contributed by atoms with Gasteiger partial charge < -0.3 is 20.1 Å². The molecule has 8 heteroatoms. The van der Waals surface area contributed by atoms with Gasteiger partial charge in [-0.25, -0.2) is 0 Å². The van der Waals surface area contributed by atoms with Gasteiger partial charge in [-0.15, -0.1) is 0 Å². The molecule has 37 heavy (non-hydrogen) atoms. The third-order valence-corrected chi connectivity index (χ3v) is 6.92. The van der Waals surface area contributed by atoms with Gasteiger partial charge in [0.15, 0.2) is 11.5 Å². The molecule has 2 aliphatic carbocycles. The molecule has 1 heterocycles. The van der Waals surface area contributed by atoms with Crippen molar-refractivity contribution in [3.05, 3.63) is 48.0 Å². The molecule has 1 unspecified atom stereocenters. The molecule has 1 aliphatic heterocycles. The zero-order chi connectivity index (χ0) is 25.6. The normalized spacial score (nSPS) is 19.5. The number of nitrogens with zero attached hydrogens (tertiary/aromatic N) is 2. The predicted octanol–water partition coefficient (Wildman–Crippen LogP) is 5.05. The van der Waals surface area contributed by atoms with E-state index >= 15 is 0 Å². The Balaban J connectivity index is 1.23. The third-order valence-electron chi connectivity index (χ3n) is 6.92. The number of hydrogen-bond donors (Lipinski definition) is 2. The van der Waals surface area contributed by atoms with Crippen LogP contribution in [0.1, 0.15) is 57.4 Å². The monoisotopic (exact) mass is 504 g/mol. The summed E-state index contributed by atoms with van der Waals surface area (Å²) in [4.78, 5) is 24.3. The fourth-order valence-corrected chi connectivity index (χ4v) is 4.35. The van der Waals surface area contributed by atoms with E-state index in [1.165, 1.54) is 32.6 Å². The Morgan fingerprint density at radius 3 is 2.19 bits per heavy atom. The summed E-state index contributed by atoms with van der Waals surface area (Å²) in [5, 5.41) is 12.3. The quantitative estimate of drug-likeness (QED) is 0.418. The zero-order valence-corrected chi connectivity index (χ0v) is 21.4. The van der Waals surface area contributed by atoms with Crippen LogP contribution < -0.4 is 20.1 Å². The Morgan fingerprint density at radius 2 is 1.54 bits per heavy atom. The molecule has 0 radical (unpaired) electrons. The highest BCUT2D eigenvalue weighted by atomic mass is 16.5. The van der Waals surface area contributed by atoms with Crippen LogP contribution >= 0.6 is 0 Å². The van der Waals surface area contributed by atoms with E-state index in [-0.39, 0.29) is 17.9 Å². The number of carbonyl (C=O) groups is 2. The second-order valence-electron chi connectivity index (χ2n) is 10.4. The first-order chi connectivity index (χ1) is 18.0. The lowest BCUT2D eigenvalue weighted by atomic mass is 10.0. The summed E-state index contributed by atoms with van der Waals surface area (Å²) < 4.78 is 12.2. The molecule has 0 spiro atoms. The maximum Gasteiger partial charge on any atom is 0.248 e. The van der Waals surface area contributed by atoms with E-state index in [0.29, 0.717) is 23.2 Å². The largest absolute Gasteiger partial charge is 0.489 e. The first-order valence-electron chi connectivity index (χ1n) is 13.4. The maximum absolute atomic E-state index is 13.1. The van der Waals surface area contributed by atoms with Crippen LogP contribution in [0.4, 0.5) is 11.4 Å². The molecule has 196 valence electrons. The lowest BCUT2D eigenvalue weighted by Gasteiger charge is -2.32. The summed E-state index contributed by atoms with van der Waals surface area (Å²) in [7, 11) is 0. The van der Waals surface area contributed by atoms with Crippen LogP contribution in [-0.2, 0) is 9.59 Å². The highest BCUT2D eigenvalue weighted by molar-refractivity contribution is 5.95. The van der Waals surface area contributed by atoms with E-state index in [1.54, 1.807) is 24.3 Å². The van der Waals surface area contributed by atoms with Gasteiger partial charge in [-0.05, 0) is 105 Å². The molecule has 8 nitrogen and oxygen atoms in total. The van der Waals surface area contributed by atoms with Gasteiger partial charge in [0.2, 0.25) is 11.8 Å². The minimum Gasteiger partial charge on any atom is -0.489 e. The van der Waals surface area contributed by atoms with Gasteiger partial charge in [-0.2, -0.15) is 5.10 Å². The number of rotatable bonds is 11. The number of hydrogen-bond acceptors (Lipinski definition) is 6. The number of piperidine rings is 1. The summed E-state index contributed by atoms with van der Waals surface area (Å²) in [5.41, 5.74) is 2.30. The molecule has 2 aromatic carbocycles. The molecule has 2 amide bonds. The Bertz CT molecular complexity index is 1130. The summed E-state index contributed by atoms with van der Waals surface area (Å²) >= 11 is 0. The second kappa shape index (κ2) is 11.7. The van der Waals surface area contributed by atoms with Crippen molar-refractivity contribution in [1.29, 1.82) is 0 Å². The Hall–Kier alpha value is -3.55. The van der Waals surface area contributed by atoms with Crippen LogP contribution in [0.25, 0.3) is 0 Å². The predicted molar refractivity (Wildman–Crippen MR) is 144 cm³/mol. The lowest BCUT2D eigenvalue weighted by Crippen LogP contribution is -2.44. The van der Waals surface area contributed by atoms with Gasteiger partial charge in [0, 0.05) is 24.8 Å². The Morgan fingerprint density at radius 1 is 0.892 bits per heavy atom. The number of hydrazone groups is 1. The molecular weight excluding hydrogens is 468 g/mol. The van der Waals surface area contributed by atoms with Crippen LogP contribution in [-0.4, -0.2) is 48.8 Å². The minimum absolute atomic E-state index is 0.0820. The van der Waals surface area contributed by atoms with Crippen LogP contribution in [0.3, 0.4) is 0 Å². The third kappa shape index (κ3) is 7.47. The van der Waals surface area contributed by atoms with E-state index in [9.17, 15) is 9.59 Å². The van der Waals surface area contributed by atoms with Gasteiger partial charge in [-0.3, -0.25) is 14.6 Å². The van der Waals surface area contributed by atoms with Crippen LogP contribution in [0.15, 0.2) is 47.6 Å². The summed E-state index contributed by atoms with van der Waals surface area (Å²) in [6, 6.07) is 12.7. The van der Waals surface area contributed by atoms with E-state index < -0.39 is 0 Å². The molecule has 0 aromatic heterocycles. The standard InChI is InChI=1S/C29H36N4O4/c1-20(34)31-24-10-12-25(13-11-24)32-29(35)26-4-2-3-15-33(26)30-17-23-9-14-27(36-18-21-5-6-21)28(16-23)37-19-22-7-8-22/h9-14,16-17,21-22,26H,2-8,15,18-19H2,1H3,(H,31,34)(H,32,35)/b30-17+. The number of nitrogens with one attached hydrogen (secondary N) is 2. The van der Waals surface area contributed by atoms with Gasteiger partial charge in [-0.1, -0.05) is 0 Å². The van der Waals surface area contributed by atoms with E-state index in [1.807, 2.05) is 29.4 Å². The maximum atomic E-state index is 13.1. The van der Waals surface area contributed by atoms with Crippen molar-refractivity contribution in [2.45, 2.75) is 57.9 Å². The number of carbonyl (C=O) groups excluding carboxylic acids is 2. The van der Waals surface area contributed by atoms with Gasteiger partial charge in [0.05, 0.1) is 19.4 Å². The Labute approximate surface area is 218 Å². The van der Waals surface area contributed by atoms with E-state index in [4.69, 9.17) is 14.6 Å². The molecule has 0 bridgehead atoms. The number of benzene rings is 2. The Kier molecular flexibility index (Phi) is 7.92. The molecule has 3 fully saturated rings. The molecule has 3 aliphatic rings. The molecule has 1 saturated heterocycles. The average Bonchev–Trinajstić information content (AvgIpc) is 3.82. The number of amides is 2.